The van der Waals surface area contributed by atoms with Crippen LogP contribution in [0.3, 0.4) is 0 Å². The predicted molar refractivity (Wildman–Crippen MR) is 62.0 cm³/mol. The molecule has 0 bridgehead atoms. The summed E-state index contributed by atoms with van der Waals surface area (Å²) >= 11 is 0. The maximum atomic E-state index is 11.3. The number of H-pyrrole nitrogens is 1. The molecule has 1 heterocycles. The number of aromatic amines is 1. The number of nitrogens with one attached hydrogen (secondary N) is 2. The number of aromatic nitrogens is 1. The Labute approximate surface area is 92.3 Å². The zero-order chi connectivity index (χ0) is 9.26. The van der Waals surface area contributed by atoms with Crippen molar-refractivity contribution in [1.29, 1.82) is 0 Å². The summed E-state index contributed by atoms with van der Waals surface area (Å²) < 4.78 is 0. The Bertz CT molecular complexity index is 450. The molecule has 2 N–H and O–H groups in total. The van der Waals surface area contributed by atoms with Crippen molar-refractivity contribution in [2.24, 2.45) is 0 Å². The number of hydrogen-bond donors (Lipinski definition) is 2. The van der Waals surface area contributed by atoms with E-state index in [1.165, 1.54) is 0 Å². The summed E-state index contributed by atoms with van der Waals surface area (Å²) in [5.74, 6) is -0.0527. The number of carbonyl (C=O) groups is 1. The van der Waals surface area contributed by atoms with Gasteiger partial charge in [-0.2, -0.15) is 0 Å². The van der Waals surface area contributed by atoms with Crippen molar-refractivity contribution < 1.29 is 4.79 Å². The van der Waals surface area contributed by atoms with Gasteiger partial charge in [-0.1, -0.05) is 6.07 Å². The minimum absolute atomic E-state index is 0. The molecular formula is C10H11BrN2O. The average molecular weight is 255 g/mol. The standard InChI is InChI=1S/C10H10N2O.BrH/c1-11-10(13)7-2-3-8-5-12-6-9(8)4-7;/h2-6,12H,1H3,(H,11,13);1H. The molecule has 2 aromatic rings. The Hall–Kier alpha value is -1.29. The second kappa shape index (κ2) is 4.28. The van der Waals surface area contributed by atoms with Gasteiger partial charge in [0.05, 0.1) is 0 Å². The molecule has 14 heavy (non-hydrogen) atoms. The lowest BCUT2D eigenvalue weighted by Gasteiger charge is -1.98. The van der Waals surface area contributed by atoms with E-state index in [0.29, 0.717) is 5.56 Å². The predicted octanol–water partition coefficient (Wildman–Crippen LogP) is 2.11. The fourth-order valence-electron chi connectivity index (χ4n) is 1.34. The van der Waals surface area contributed by atoms with Crippen molar-refractivity contribution in [2.75, 3.05) is 7.05 Å². The maximum absolute atomic E-state index is 11.3. The van der Waals surface area contributed by atoms with Crippen LogP contribution in [0.4, 0.5) is 0 Å². The van der Waals surface area contributed by atoms with E-state index >= 15 is 0 Å². The Morgan fingerprint density at radius 3 is 2.71 bits per heavy atom. The van der Waals surface area contributed by atoms with Crippen LogP contribution >= 0.6 is 17.0 Å². The molecule has 0 aliphatic heterocycles. The molecule has 4 heteroatoms. The molecule has 0 saturated carbocycles. The lowest BCUT2D eigenvalue weighted by Crippen LogP contribution is -2.17. The first-order chi connectivity index (χ1) is 6.31. The lowest BCUT2D eigenvalue weighted by atomic mass is 10.1. The molecular weight excluding hydrogens is 244 g/mol. The first kappa shape index (κ1) is 10.8. The van der Waals surface area contributed by atoms with Crippen molar-refractivity contribution in [2.45, 2.75) is 0 Å². The molecule has 0 saturated heterocycles. The summed E-state index contributed by atoms with van der Waals surface area (Å²) in [7, 11) is 1.63. The van der Waals surface area contributed by atoms with E-state index in [4.69, 9.17) is 0 Å². The SMILES string of the molecule is Br.CNC(=O)c1ccc2c[nH]cc2c1. The molecule has 0 spiro atoms. The number of fused-ring (bicyclic) bond motifs is 1. The molecule has 0 fully saturated rings. The third kappa shape index (κ3) is 1.80. The third-order valence-electron chi connectivity index (χ3n) is 2.05. The average Bonchev–Trinajstić information content (AvgIpc) is 2.63. The normalized spacial score (nSPS) is 9.50. The van der Waals surface area contributed by atoms with Crippen LogP contribution in [0.5, 0.6) is 0 Å². The Morgan fingerprint density at radius 2 is 2.00 bits per heavy atom. The largest absolute Gasteiger partial charge is 0.366 e. The van der Waals surface area contributed by atoms with E-state index in [1.807, 2.05) is 30.6 Å². The summed E-state index contributed by atoms with van der Waals surface area (Å²) in [6, 6.07) is 5.61. The molecule has 1 aromatic heterocycles. The number of halogens is 1. The van der Waals surface area contributed by atoms with Gasteiger partial charge in [-0.15, -0.1) is 17.0 Å². The van der Waals surface area contributed by atoms with Crippen LogP contribution in [0.1, 0.15) is 10.4 Å². The summed E-state index contributed by atoms with van der Waals surface area (Å²) in [5.41, 5.74) is 0.689. The number of hydrogen-bond acceptors (Lipinski definition) is 1. The number of carbonyl (C=O) groups excluding carboxylic acids is 1. The smallest absolute Gasteiger partial charge is 0.251 e. The van der Waals surface area contributed by atoms with Crippen molar-refractivity contribution in [3.63, 3.8) is 0 Å². The molecule has 2 rings (SSSR count). The van der Waals surface area contributed by atoms with E-state index in [0.717, 1.165) is 10.8 Å². The van der Waals surface area contributed by atoms with E-state index in [9.17, 15) is 4.79 Å². The highest BCUT2D eigenvalue weighted by molar-refractivity contribution is 8.93. The molecule has 1 aromatic carbocycles. The van der Waals surface area contributed by atoms with Crippen molar-refractivity contribution in [3.8, 4) is 0 Å². The quantitative estimate of drug-likeness (QED) is 0.805. The Kier molecular flexibility index (Phi) is 3.30. The van der Waals surface area contributed by atoms with Crippen LogP contribution in [0, 0.1) is 0 Å². The van der Waals surface area contributed by atoms with Crippen LogP contribution < -0.4 is 5.32 Å². The third-order valence-corrected chi connectivity index (χ3v) is 2.05. The molecule has 0 radical (unpaired) electrons. The fraction of sp³-hybridized carbons (Fsp3) is 0.100. The van der Waals surface area contributed by atoms with Gasteiger partial charge in [0, 0.05) is 25.0 Å². The highest BCUT2D eigenvalue weighted by Crippen LogP contribution is 2.14. The first-order valence-corrected chi connectivity index (χ1v) is 4.10. The van der Waals surface area contributed by atoms with Gasteiger partial charge in [-0.25, -0.2) is 0 Å². The van der Waals surface area contributed by atoms with Gasteiger partial charge in [-0.3, -0.25) is 4.79 Å². The van der Waals surface area contributed by atoms with E-state index in [1.54, 1.807) is 7.05 Å². The van der Waals surface area contributed by atoms with Gasteiger partial charge in [0.2, 0.25) is 0 Å². The van der Waals surface area contributed by atoms with Crippen LogP contribution in [0.15, 0.2) is 30.6 Å². The number of amides is 1. The van der Waals surface area contributed by atoms with E-state index in [-0.39, 0.29) is 22.9 Å². The molecule has 0 atom stereocenters. The summed E-state index contributed by atoms with van der Waals surface area (Å²) in [4.78, 5) is 14.2. The van der Waals surface area contributed by atoms with E-state index < -0.39 is 0 Å². The molecule has 74 valence electrons. The van der Waals surface area contributed by atoms with Crippen LogP contribution in [-0.4, -0.2) is 17.9 Å². The minimum Gasteiger partial charge on any atom is -0.366 e. The molecule has 0 aliphatic carbocycles. The Morgan fingerprint density at radius 1 is 1.29 bits per heavy atom. The van der Waals surface area contributed by atoms with Gasteiger partial charge in [0.1, 0.15) is 0 Å². The zero-order valence-electron chi connectivity index (χ0n) is 7.70. The van der Waals surface area contributed by atoms with Crippen LogP contribution in [0.25, 0.3) is 10.8 Å². The topological polar surface area (TPSA) is 44.9 Å². The van der Waals surface area contributed by atoms with Gasteiger partial charge in [0.25, 0.3) is 5.91 Å². The second-order valence-corrected chi connectivity index (χ2v) is 2.88. The molecule has 0 unspecified atom stereocenters. The monoisotopic (exact) mass is 254 g/mol. The van der Waals surface area contributed by atoms with Gasteiger partial charge < -0.3 is 10.3 Å². The van der Waals surface area contributed by atoms with Gasteiger partial charge in [0.15, 0.2) is 0 Å². The molecule has 0 aliphatic rings. The summed E-state index contributed by atoms with van der Waals surface area (Å²) in [6.07, 6.45) is 3.78. The van der Waals surface area contributed by atoms with Crippen molar-refractivity contribution >= 4 is 33.7 Å². The highest BCUT2D eigenvalue weighted by atomic mass is 79.9. The zero-order valence-corrected chi connectivity index (χ0v) is 9.42. The van der Waals surface area contributed by atoms with Crippen molar-refractivity contribution in [1.82, 2.24) is 10.3 Å². The van der Waals surface area contributed by atoms with E-state index in [2.05, 4.69) is 10.3 Å². The second-order valence-electron chi connectivity index (χ2n) is 2.88. The Balaban J connectivity index is 0.000000980. The van der Waals surface area contributed by atoms with Gasteiger partial charge >= 0.3 is 0 Å². The van der Waals surface area contributed by atoms with Crippen LogP contribution in [-0.2, 0) is 0 Å². The first-order valence-electron chi connectivity index (χ1n) is 4.10. The summed E-state index contributed by atoms with van der Waals surface area (Å²) in [5, 5.41) is 4.76. The molecule has 1 amide bonds. The highest BCUT2D eigenvalue weighted by Gasteiger charge is 2.03. The fourth-order valence-corrected chi connectivity index (χ4v) is 1.34. The summed E-state index contributed by atoms with van der Waals surface area (Å²) in [6.45, 7) is 0. The lowest BCUT2D eigenvalue weighted by molar-refractivity contribution is 0.0963. The number of rotatable bonds is 1. The minimum atomic E-state index is -0.0527. The van der Waals surface area contributed by atoms with Crippen molar-refractivity contribution in [3.05, 3.63) is 36.2 Å². The van der Waals surface area contributed by atoms with Gasteiger partial charge in [-0.05, 0) is 22.9 Å². The van der Waals surface area contributed by atoms with Crippen LogP contribution in [0.2, 0.25) is 0 Å². The maximum Gasteiger partial charge on any atom is 0.251 e. The number of benzene rings is 1. The molecule has 3 nitrogen and oxygen atoms in total.